The molecular weight excluding hydrogens is 270 g/mol. The van der Waals surface area contributed by atoms with Crippen LogP contribution in [-0.2, 0) is 4.79 Å². The number of urea groups is 1. The van der Waals surface area contributed by atoms with E-state index in [4.69, 9.17) is 11.6 Å². The number of imide groups is 1. The number of anilines is 1. The van der Waals surface area contributed by atoms with Crippen molar-refractivity contribution in [3.63, 3.8) is 0 Å². The molecule has 0 radical (unpaired) electrons. The molecule has 19 heavy (non-hydrogen) atoms. The van der Waals surface area contributed by atoms with Crippen molar-refractivity contribution in [2.45, 2.75) is 18.4 Å². The van der Waals surface area contributed by atoms with Gasteiger partial charge in [-0.15, -0.1) is 0 Å². The number of rotatable bonds is 1. The van der Waals surface area contributed by atoms with E-state index in [2.05, 4.69) is 20.6 Å². The number of nitrogens with zero attached hydrogens (tertiary/aromatic N) is 3. The van der Waals surface area contributed by atoms with Crippen LogP contribution in [0.2, 0.25) is 5.02 Å². The monoisotopic (exact) mass is 281 g/mol. The van der Waals surface area contributed by atoms with Crippen LogP contribution in [0.4, 0.5) is 10.6 Å². The molecule has 3 heterocycles. The number of piperidine rings is 1. The maximum absolute atomic E-state index is 11.9. The zero-order valence-corrected chi connectivity index (χ0v) is 10.8. The third-order valence-electron chi connectivity index (χ3n) is 3.45. The molecule has 3 rings (SSSR count). The summed E-state index contributed by atoms with van der Waals surface area (Å²) in [5, 5.41) is 5.43. The Hall–Kier alpha value is -1.89. The minimum absolute atomic E-state index is 0.285. The van der Waals surface area contributed by atoms with Gasteiger partial charge in [0, 0.05) is 6.54 Å². The van der Waals surface area contributed by atoms with Gasteiger partial charge in [-0.25, -0.2) is 14.8 Å². The van der Waals surface area contributed by atoms with Crippen LogP contribution in [0.5, 0.6) is 0 Å². The van der Waals surface area contributed by atoms with Crippen LogP contribution in [0.1, 0.15) is 12.8 Å². The Morgan fingerprint density at radius 3 is 2.95 bits per heavy atom. The predicted octanol–water partition coefficient (Wildman–Crippen LogP) is 0.308. The van der Waals surface area contributed by atoms with E-state index in [0.29, 0.717) is 23.8 Å². The summed E-state index contributed by atoms with van der Waals surface area (Å²) in [7, 11) is 0. The topological polar surface area (TPSA) is 87.2 Å². The summed E-state index contributed by atoms with van der Waals surface area (Å²) in [6, 6.07) is -0.444. The fourth-order valence-corrected chi connectivity index (χ4v) is 2.82. The van der Waals surface area contributed by atoms with E-state index in [-0.39, 0.29) is 5.91 Å². The lowest BCUT2D eigenvalue weighted by atomic mass is 9.89. The molecule has 2 saturated heterocycles. The number of carbonyl (C=O) groups excluding carboxylic acids is 2. The first-order chi connectivity index (χ1) is 9.11. The molecule has 2 aliphatic heterocycles. The van der Waals surface area contributed by atoms with Gasteiger partial charge in [0.1, 0.15) is 16.9 Å². The minimum Gasteiger partial charge on any atom is -0.352 e. The van der Waals surface area contributed by atoms with Crippen molar-refractivity contribution >= 4 is 29.4 Å². The van der Waals surface area contributed by atoms with Crippen LogP contribution in [0.3, 0.4) is 0 Å². The highest BCUT2D eigenvalue weighted by Gasteiger charge is 2.49. The summed E-state index contributed by atoms with van der Waals surface area (Å²) in [4.78, 5) is 33.1. The third kappa shape index (κ3) is 1.99. The predicted molar refractivity (Wildman–Crippen MR) is 67.9 cm³/mol. The Bertz CT molecular complexity index is 552. The number of amides is 3. The molecule has 0 bridgehead atoms. The summed E-state index contributed by atoms with van der Waals surface area (Å²) >= 11 is 6.06. The Kier molecular flexibility index (Phi) is 2.78. The van der Waals surface area contributed by atoms with Gasteiger partial charge in [-0.1, -0.05) is 11.6 Å². The van der Waals surface area contributed by atoms with Gasteiger partial charge >= 0.3 is 6.03 Å². The van der Waals surface area contributed by atoms with Gasteiger partial charge in [-0.05, 0) is 12.8 Å². The average molecular weight is 282 g/mol. The second kappa shape index (κ2) is 4.34. The van der Waals surface area contributed by atoms with Crippen molar-refractivity contribution in [1.29, 1.82) is 0 Å². The molecule has 3 amide bonds. The van der Waals surface area contributed by atoms with E-state index in [1.807, 2.05) is 4.90 Å². The van der Waals surface area contributed by atoms with Gasteiger partial charge in [0.25, 0.3) is 5.91 Å². The SMILES string of the molecule is O=C1NC(=O)C2(CCCN(c3ncncc3Cl)C2)N1. The van der Waals surface area contributed by atoms with Crippen LogP contribution < -0.4 is 15.5 Å². The number of hydrogen-bond donors (Lipinski definition) is 2. The first-order valence-corrected chi connectivity index (χ1v) is 6.33. The maximum atomic E-state index is 11.9. The molecule has 1 aromatic heterocycles. The third-order valence-corrected chi connectivity index (χ3v) is 3.72. The van der Waals surface area contributed by atoms with Crippen molar-refractivity contribution < 1.29 is 9.59 Å². The standard InChI is InChI=1S/C11H12ClN5O2/c12-7-4-13-6-14-8(7)17-3-1-2-11(5-17)9(18)15-10(19)16-11/h4,6H,1-3,5H2,(H2,15,16,18,19). The Labute approximate surface area is 114 Å². The Balaban J connectivity index is 1.88. The van der Waals surface area contributed by atoms with E-state index in [1.54, 1.807) is 0 Å². The number of hydrogen-bond acceptors (Lipinski definition) is 5. The Morgan fingerprint density at radius 1 is 1.42 bits per heavy atom. The van der Waals surface area contributed by atoms with Gasteiger partial charge in [-0.3, -0.25) is 10.1 Å². The molecule has 2 N–H and O–H groups in total. The highest BCUT2D eigenvalue weighted by atomic mass is 35.5. The quantitative estimate of drug-likeness (QED) is 0.724. The number of carbonyl (C=O) groups is 2. The van der Waals surface area contributed by atoms with E-state index >= 15 is 0 Å². The van der Waals surface area contributed by atoms with E-state index in [9.17, 15) is 9.59 Å². The van der Waals surface area contributed by atoms with Gasteiger partial charge in [-0.2, -0.15) is 0 Å². The maximum Gasteiger partial charge on any atom is 0.322 e. The molecular formula is C11H12ClN5O2. The van der Waals surface area contributed by atoms with E-state index < -0.39 is 11.6 Å². The zero-order chi connectivity index (χ0) is 13.5. The summed E-state index contributed by atoms with van der Waals surface area (Å²) in [5.41, 5.74) is -0.871. The van der Waals surface area contributed by atoms with Crippen molar-refractivity contribution in [1.82, 2.24) is 20.6 Å². The zero-order valence-electron chi connectivity index (χ0n) is 10.0. The lowest BCUT2D eigenvalue weighted by Gasteiger charge is -2.38. The highest BCUT2D eigenvalue weighted by molar-refractivity contribution is 6.32. The molecule has 1 atom stereocenters. The van der Waals surface area contributed by atoms with E-state index in [1.165, 1.54) is 12.5 Å². The van der Waals surface area contributed by atoms with Crippen molar-refractivity contribution in [2.75, 3.05) is 18.0 Å². The molecule has 0 aromatic carbocycles. The summed E-state index contributed by atoms with van der Waals surface area (Å²) in [6.45, 7) is 1.10. The normalized spacial score (nSPS) is 26.5. The fourth-order valence-electron chi connectivity index (χ4n) is 2.59. The highest BCUT2D eigenvalue weighted by Crippen LogP contribution is 2.30. The molecule has 8 heteroatoms. The average Bonchev–Trinajstić information content (AvgIpc) is 2.64. The molecule has 1 aromatic rings. The fraction of sp³-hybridized carbons (Fsp3) is 0.455. The smallest absolute Gasteiger partial charge is 0.322 e. The van der Waals surface area contributed by atoms with Crippen LogP contribution >= 0.6 is 11.6 Å². The van der Waals surface area contributed by atoms with Crippen LogP contribution in [-0.4, -0.2) is 40.5 Å². The first-order valence-electron chi connectivity index (χ1n) is 5.95. The first kappa shape index (κ1) is 12.2. The van der Waals surface area contributed by atoms with Gasteiger partial charge in [0.05, 0.1) is 12.7 Å². The second-order valence-corrected chi connectivity index (χ2v) is 5.12. The second-order valence-electron chi connectivity index (χ2n) is 4.71. The van der Waals surface area contributed by atoms with Crippen molar-refractivity contribution in [3.8, 4) is 0 Å². The number of halogens is 1. The summed E-state index contributed by atoms with van der Waals surface area (Å²) in [6.07, 6.45) is 4.31. The summed E-state index contributed by atoms with van der Waals surface area (Å²) < 4.78 is 0. The van der Waals surface area contributed by atoms with Gasteiger partial charge in [0.15, 0.2) is 5.82 Å². The largest absolute Gasteiger partial charge is 0.352 e. The van der Waals surface area contributed by atoms with Crippen LogP contribution in [0.25, 0.3) is 0 Å². The summed E-state index contributed by atoms with van der Waals surface area (Å²) in [5.74, 6) is 0.303. The molecule has 7 nitrogen and oxygen atoms in total. The lowest BCUT2D eigenvalue weighted by molar-refractivity contribution is -0.124. The number of aromatic nitrogens is 2. The molecule has 0 aliphatic carbocycles. The lowest BCUT2D eigenvalue weighted by Crippen LogP contribution is -2.58. The molecule has 0 saturated carbocycles. The molecule has 2 fully saturated rings. The van der Waals surface area contributed by atoms with E-state index in [0.717, 1.165) is 13.0 Å². The van der Waals surface area contributed by atoms with Crippen LogP contribution in [0, 0.1) is 0 Å². The Morgan fingerprint density at radius 2 is 2.26 bits per heavy atom. The van der Waals surface area contributed by atoms with Gasteiger partial charge in [0.2, 0.25) is 0 Å². The van der Waals surface area contributed by atoms with Gasteiger partial charge < -0.3 is 10.2 Å². The number of nitrogens with one attached hydrogen (secondary N) is 2. The molecule has 100 valence electrons. The molecule has 1 spiro atoms. The molecule has 2 aliphatic rings. The molecule has 1 unspecified atom stereocenters. The minimum atomic E-state index is -0.871. The van der Waals surface area contributed by atoms with Crippen molar-refractivity contribution in [3.05, 3.63) is 17.5 Å². The van der Waals surface area contributed by atoms with Crippen molar-refractivity contribution in [2.24, 2.45) is 0 Å². The van der Waals surface area contributed by atoms with Crippen LogP contribution in [0.15, 0.2) is 12.5 Å².